The molecular weight excluding hydrogens is 238 g/mol. The Morgan fingerprint density at radius 3 is 3.00 bits per heavy atom. The van der Waals surface area contributed by atoms with E-state index in [9.17, 15) is 0 Å². The van der Waals surface area contributed by atoms with Gasteiger partial charge in [0.2, 0.25) is 0 Å². The minimum absolute atomic E-state index is 0.449. The molecule has 3 unspecified atom stereocenters. The normalized spacial score (nSPS) is 35.7. The molecule has 3 aliphatic rings. The summed E-state index contributed by atoms with van der Waals surface area (Å²) in [5.41, 5.74) is 1.42. The topological polar surface area (TPSA) is 39.1 Å². The average molecular weight is 261 g/mol. The lowest BCUT2D eigenvalue weighted by Crippen LogP contribution is -2.31. The van der Waals surface area contributed by atoms with Crippen LogP contribution in [0, 0.1) is 5.92 Å². The minimum atomic E-state index is 0.449. The molecule has 3 heterocycles. The predicted molar refractivity (Wildman–Crippen MR) is 73.2 cm³/mol. The molecule has 0 radical (unpaired) electrons. The second-order valence-corrected chi connectivity index (χ2v) is 6.30. The quantitative estimate of drug-likeness (QED) is 0.905. The number of hydrogen-bond acceptors (Lipinski definition) is 3. The van der Waals surface area contributed by atoms with Gasteiger partial charge in [-0.15, -0.1) is 0 Å². The summed E-state index contributed by atoms with van der Waals surface area (Å²) >= 11 is 0. The van der Waals surface area contributed by atoms with Crippen molar-refractivity contribution in [2.24, 2.45) is 5.92 Å². The first kappa shape index (κ1) is 11.9. The van der Waals surface area contributed by atoms with Crippen LogP contribution in [0.25, 0.3) is 0 Å². The van der Waals surface area contributed by atoms with Crippen molar-refractivity contribution in [3.63, 3.8) is 0 Å². The van der Waals surface area contributed by atoms with Crippen molar-refractivity contribution in [3.05, 3.63) is 18.2 Å². The molecule has 4 rings (SSSR count). The van der Waals surface area contributed by atoms with Crippen molar-refractivity contribution >= 4 is 0 Å². The second kappa shape index (κ2) is 4.91. The Labute approximate surface area is 114 Å². The Morgan fingerprint density at radius 1 is 1.26 bits per heavy atom. The van der Waals surface area contributed by atoms with Crippen molar-refractivity contribution in [1.29, 1.82) is 0 Å². The van der Waals surface area contributed by atoms with Crippen molar-refractivity contribution in [1.82, 2.24) is 14.9 Å². The van der Waals surface area contributed by atoms with Gasteiger partial charge in [-0.05, 0) is 44.6 Å². The summed E-state index contributed by atoms with van der Waals surface area (Å²) in [5.74, 6) is 1.45. The molecule has 1 N–H and O–H groups in total. The van der Waals surface area contributed by atoms with E-state index in [4.69, 9.17) is 4.74 Å². The first-order valence-electron chi connectivity index (χ1n) is 7.77. The third-order valence-electron chi connectivity index (χ3n) is 4.96. The summed E-state index contributed by atoms with van der Waals surface area (Å²) in [6.45, 7) is 3.20. The summed E-state index contributed by atoms with van der Waals surface area (Å²) in [7, 11) is 0. The zero-order chi connectivity index (χ0) is 12.7. The van der Waals surface area contributed by atoms with Gasteiger partial charge in [-0.25, -0.2) is 4.98 Å². The molecule has 0 bridgehead atoms. The summed E-state index contributed by atoms with van der Waals surface area (Å²) in [4.78, 5) is 4.44. The molecule has 0 amide bonds. The smallest absolute Gasteiger partial charge is 0.0951 e. The number of hydrogen-bond donors (Lipinski definition) is 1. The van der Waals surface area contributed by atoms with Crippen molar-refractivity contribution in [2.45, 2.75) is 50.2 Å². The molecule has 4 nitrogen and oxygen atoms in total. The molecule has 0 spiro atoms. The van der Waals surface area contributed by atoms with Crippen LogP contribution in [0.15, 0.2) is 12.5 Å². The lowest BCUT2D eigenvalue weighted by Gasteiger charge is -2.27. The molecule has 1 aromatic heterocycles. The maximum atomic E-state index is 5.99. The average Bonchev–Trinajstić information content (AvgIpc) is 3.01. The molecule has 1 aliphatic carbocycles. The Morgan fingerprint density at radius 2 is 2.21 bits per heavy atom. The van der Waals surface area contributed by atoms with Crippen molar-refractivity contribution in [2.75, 3.05) is 19.7 Å². The van der Waals surface area contributed by atoms with E-state index in [0.717, 1.165) is 25.5 Å². The van der Waals surface area contributed by atoms with E-state index in [-0.39, 0.29) is 0 Å². The highest BCUT2D eigenvalue weighted by atomic mass is 16.5. The number of aromatic nitrogens is 2. The number of piperidine rings is 1. The largest absolute Gasteiger partial charge is 0.376 e. The van der Waals surface area contributed by atoms with Crippen LogP contribution in [0.2, 0.25) is 0 Å². The fourth-order valence-corrected chi connectivity index (χ4v) is 3.79. The van der Waals surface area contributed by atoms with Gasteiger partial charge in [0.1, 0.15) is 0 Å². The number of ether oxygens (including phenoxy) is 1. The number of nitrogens with zero attached hydrogens (tertiary/aromatic N) is 2. The minimum Gasteiger partial charge on any atom is -0.376 e. The summed E-state index contributed by atoms with van der Waals surface area (Å²) < 4.78 is 8.43. The summed E-state index contributed by atoms with van der Waals surface area (Å²) in [5, 5.41) is 3.51. The van der Waals surface area contributed by atoms with Gasteiger partial charge in [-0.1, -0.05) is 0 Å². The molecule has 1 saturated carbocycles. The predicted octanol–water partition coefficient (Wildman–Crippen LogP) is 2.09. The monoisotopic (exact) mass is 261 g/mol. The Balaban J connectivity index is 1.58. The van der Waals surface area contributed by atoms with E-state index in [2.05, 4.69) is 21.1 Å². The zero-order valence-corrected chi connectivity index (χ0v) is 11.4. The Bertz CT molecular complexity index is 434. The van der Waals surface area contributed by atoms with E-state index in [0.29, 0.717) is 18.1 Å². The van der Waals surface area contributed by atoms with Gasteiger partial charge < -0.3 is 14.6 Å². The van der Waals surface area contributed by atoms with Crippen LogP contribution in [-0.4, -0.2) is 35.4 Å². The van der Waals surface area contributed by atoms with Gasteiger partial charge in [0.25, 0.3) is 0 Å². The molecule has 2 saturated heterocycles. The zero-order valence-electron chi connectivity index (χ0n) is 11.4. The van der Waals surface area contributed by atoms with Crippen molar-refractivity contribution in [3.8, 4) is 0 Å². The van der Waals surface area contributed by atoms with Gasteiger partial charge in [-0.3, -0.25) is 0 Å². The molecule has 1 aromatic rings. The van der Waals surface area contributed by atoms with E-state index >= 15 is 0 Å². The fourth-order valence-electron chi connectivity index (χ4n) is 3.79. The van der Waals surface area contributed by atoms with Crippen LogP contribution in [0.5, 0.6) is 0 Å². The van der Waals surface area contributed by atoms with E-state index < -0.39 is 0 Å². The SMILES string of the molecule is c1ncn(C2CCOC2C2CC2)c1C1CCCNC1. The highest BCUT2D eigenvalue weighted by Crippen LogP contribution is 2.44. The molecule has 4 heteroatoms. The van der Waals surface area contributed by atoms with Gasteiger partial charge in [0.15, 0.2) is 0 Å². The van der Waals surface area contributed by atoms with Gasteiger partial charge in [0, 0.05) is 31.0 Å². The molecule has 3 fully saturated rings. The van der Waals surface area contributed by atoms with Crippen LogP contribution in [0.4, 0.5) is 0 Å². The van der Waals surface area contributed by atoms with Gasteiger partial charge in [-0.2, -0.15) is 0 Å². The van der Waals surface area contributed by atoms with Crippen LogP contribution >= 0.6 is 0 Å². The molecule has 3 atom stereocenters. The van der Waals surface area contributed by atoms with E-state index in [1.165, 1.54) is 37.9 Å². The standard InChI is InChI=1S/C15H23N3O/c1-2-12(8-16-6-1)14-9-17-10-18(14)13-5-7-19-15(13)11-3-4-11/h9-13,15-16H,1-8H2. The highest BCUT2D eigenvalue weighted by molar-refractivity contribution is 5.11. The molecule has 0 aromatic carbocycles. The van der Waals surface area contributed by atoms with Gasteiger partial charge >= 0.3 is 0 Å². The van der Waals surface area contributed by atoms with Gasteiger partial charge in [0.05, 0.1) is 18.5 Å². The molecule has 2 aliphatic heterocycles. The second-order valence-electron chi connectivity index (χ2n) is 6.30. The first-order chi connectivity index (χ1) is 9.43. The Hall–Kier alpha value is -0.870. The highest BCUT2D eigenvalue weighted by Gasteiger charge is 2.42. The fraction of sp³-hybridized carbons (Fsp3) is 0.800. The van der Waals surface area contributed by atoms with Crippen LogP contribution in [-0.2, 0) is 4.74 Å². The number of rotatable bonds is 3. The summed E-state index contributed by atoms with van der Waals surface area (Å²) in [6, 6.07) is 0.534. The molecule has 19 heavy (non-hydrogen) atoms. The summed E-state index contributed by atoms with van der Waals surface area (Å²) in [6.07, 6.45) is 11.0. The number of nitrogens with one attached hydrogen (secondary N) is 1. The van der Waals surface area contributed by atoms with E-state index in [1.54, 1.807) is 0 Å². The maximum Gasteiger partial charge on any atom is 0.0951 e. The van der Waals surface area contributed by atoms with Crippen LogP contribution < -0.4 is 5.32 Å². The third kappa shape index (κ3) is 2.21. The lowest BCUT2D eigenvalue weighted by atomic mass is 9.95. The lowest BCUT2D eigenvalue weighted by molar-refractivity contribution is 0.0742. The van der Waals surface area contributed by atoms with E-state index in [1.807, 2.05) is 6.33 Å². The van der Waals surface area contributed by atoms with Crippen LogP contribution in [0.3, 0.4) is 0 Å². The third-order valence-corrected chi connectivity index (χ3v) is 4.96. The Kier molecular flexibility index (Phi) is 3.08. The molecular formula is C15H23N3O. The van der Waals surface area contributed by atoms with Crippen LogP contribution in [0.1, 0.15) is 49.8 Å². The number of imidazole rings is 1. The maximum absolute atomic E-state index is 5.99. The first-order valence-corrected chi connectivity index (χ1v) is 7.77. The van der Waals surface area contributed by atoms with Crippen molar-refractivity contribution < 1.29 is 4.74 Å². The molecule has 104 valence electrons.